The maximum atomic E-state index is 5.46. The predicted molar refractivity (Wildman–Crippen MR) is 88.9 cm³/mol. The van der Waals surface area contributed by atoms with Gasteiger partial charge >= 0.3 is 0 Å². The lowest BCUT2D eigenvalue weighted by atomic mass is 9.81. The van der Waals surface area contributed by atoms with E-state index in [1.165, 1.54) is 24.0 Å². The van der Waals surface area contributed by atoms with Crippen molar-refractivity contribution in [2.24, 2.45) is 0 Å². The quantitative estimate of drug-likeness (QED) is 0.888. The molecule has 0 saturated heterocycles. The highest BCUT2D eigenvalue weighted by atomic mass is 16.5. The van der Waals surface area contributed by atoms with E-state index in [0.29, 0.717) is 12.0 Å². The fraction of sp³-hybridized carbons (Fsp3) is 0.556. The van der Waals surface area contributed by atoms with Crippen LogP contribution in [0.25, 0.3) is 0 Å². The molecule has 1 aromatic heterocycles. The third kappa shape index (κ3) is 3.72. The lowest BCUT2D eigenvalue weighted by molar-refractivity contribution is 0.356. The molecule has 0 bridgehead atoms. The molecule has 1 N–H and O–H groups in total. The van der Waals surface area contributed by atoms with E-state index in [1.807, 2.05) is 13.1 Å². The van der Waals surface area contributed by atoms with Gasteiger partial charge in [0.15, 0.2) is 5.82 Å². The number of nitrogens with zero attached hydrogens (tertiary/aromatic N) is 2. The van der Waals surface area contributed by atoms with Gasteiger partial charge in [-0.25, -0.2) is 0 Å². The molecule has 0 radical (unpaired) electrons. The predicted octanol–water partition coefficient (Wildman–Crippen LogP) is 2.89. The number of benzene rings is 1. The molecular weight excluding hydrogens is 290 g/mol. The van der Waals surface area contributed by atoms with Crippen LogP contribution in [0.4, 0.5) is 0 Å². The Morgan fingerprint density at radius 3 is 3.09 bits per heavy atom. The highest BCUT2D eigenvalue weighted by Gasteiger charge is 2.23. The van der Waals surface area contributed by atoms with Crippen molar-refractivity contribution in [2.75, 3.05) is 14.2 Å². The van der Waals surface area contributed by atoms with Gasteiger partial charge in [0.25, 0.3) is 0 Å². The van der Waals surface area contributed by atoms with Crippen molar-refractivity contribution in [3.63, 3.8) is 0 Å². The summed E-state index contributed by atoms with van der Waals surface area (Å²) in [7, 11) is 3.66. The number of nitrogens with one attached hydrogen (secondary N) is 1. The summed E-state index contributed by atoms with van der Waals surface area (Å²) in [5, 5.41) is 7.30. The average molecular weight is 315 g/mol. The molecule has 1 aliphatic carbocycles. The second-order valence-electron chi connectivity index (χ2n) is 6.36. The lowest BCUT2D eigenvalue weighted by Gasteiger charge is -2.24. The Morgan fingerprint density at radius 1 is 1.43 bits per heavy atom. The summed E-state index contributed by atoms with van der Waals surface area (Å²) in [6, 6.07) is 6.75. The molecule has 5 heteroatoms. The second kappa shape index (κ2) is 7.13. The zero-order chi connectivity index (χ0) is 16.2. The molecule has 0 aliphatic heterocycles. The molecule has 1 aliphatic rings. The molecule has 5 nitrogen and oxygen atoms in total. The van der Waals surface area contributed by atoms with Gasteiger partial charge in [-0.15, -0.1) is 0 Å². The van der Waals surface area contributed by atoms with Crippen LogP contribution in [0.2, 0.25) is 0 Å². The summed E-state index contributed by atoms with van der Waals surface area (Å²) < 4.78 is 10.8. The van der Waals surface area contributed by atoms with E-state index < -0.39 is 0 Å². The number of hydrogen-bond donors (Lipinski definition) is 1. The molecule has 2 atom stereocenters. The van der Waals surface area contributed by atoms with Gasteiger partial charge in [0, 0.05) is 18.9 Å². The Labute approximate surface area is 137 Å². The van der Waals surface area contributed by atoms with E-state index in [2.05, 4.69) is 34.5 Å². The van der Waals surface area contributed by atoms with Crippen LogP contribution in [0.15, 0.2) is 22.7 Å². The van der Waals surface area contributed by atoms with Gasteiger partial charge in [0.2, 0.25) is 5.89 Å². The van der Waals surface area contributed by atoms with E-state index in [0.717, 1.165) is 36.7 Å². The molecule has 1 heterocycles. The van der Waals surface area contributed by atoms with Gasteiger partial charge in [-0.2, -0.15) is 4.98 Å². The lowest BCUT2D eigenvalue weighted by Crippen LogP contribution is -2.24. The van der Waals surface area contributed by atoms with Gasteiger partial charge in [-0.3, -0.25) is 0 Å². The summed E-state index contributed by atoms with van der Waals surface area (Å²) in [6.07, 6.45) is 5.10. The number of aromatic nitrogens is 2. The van der Waals surface area contributed by atoms with Gasteiger partial charge in [-0.05, 0) is 62.4 Å². The Morgan fingerprint density at radius 2 is 2.30 bits per heavy atom. The van der Waals surface area contributed by atoms with Crippen LogP contribution >= 0.6 is 0 Å². The zero-order valence-electron chi connectivity index (χ0n) is 14.1. The second-order valence-corrected chi connectivity index (χ2v) is 6.36. The van der Waals surface area contributed by atoms with Crippen molar-refractivity contribution in [1.82, 2.24) is 15.5 Å². The first kappa shape index (κ1) is 16.0. The topological polar surface area (TPSA) is 60.2 Å². The SMILES string of the molecule is CNC(C)Cc1noc(CC2CCCc3cc(OC)ccc32)n1. The van der Waals surface area contributed by atoms with Crippen LogP contribution in [-0.4, -0.2) is 30.3 Å². The molecule has 0 saturated carbocycles. The minimum absolute atomic E-state index is 0.350. The summed E-state index contributed by atoms with van der Waals surface area (Å²) in [6.45, 7) is 2.11. The molecule has 2 unspecified atom stereocenters. The molecule has 2 aromatic rings. The van der Waals surface area contributed by atoms with Crippen molar-refractivity contribution >= 4 is 0 Å². The number of likely N-dealkylation sites (N-methyl/N-ethyl adjacent to an activating group) is 1. The first-order valence-electron chi connectivity index (χ1n) is 8.35. The maximum Gasteiger partial charge on any atom is 0.227 e. The number of methoxy groups -OCH3 is 1. The van der Waals surface area contributed by atoms with Crippen molar-refractivity contribution in [3.8, 4) is 5.75 Å². The van der Waals surface area contributed by atoms with Gasteiger partial charge in [0.1, 0.15) is 5.75 Å². The number of ether oxygens (including phenoxy) is 1. The van der Waals surface area contributed by atoms with Crippen molar-refractivity contribution in [3.05, 3.63) is 41.0 Å². The standard InChI is InChI=1S/C18H25N3O2/c1-12(19-2)9-17-20-18(23-21-17)11-14-6-4-5-13-10-15(22-3)7-8-16(13)14/h7-8,10,12,14,19H,4-6,9,11H2,1-3H3. The van der Waals surface area contributed by atoms with E-state index in [1.54, 1.807) is 7.11 Å². The number of aryl methyl sites for hydroxylation is 1. The smallest absolute Gasteiger partial charge is 0.227 e. The first-order chi connectivity index (χ1) is 11.2. The number of hydrogen-bond acceptors (Lipinski definition) is 5. The fourth-order valence-corrected chi connectivity index (χ4v) is 3.27. The third-order valence-electron chi connectivity index (χ3n) is 4.70. The first-order valence-corrected chi connectivity index (χ1v) is 8.35. The van der Waals surface area contributed by atoms with Crippen LogP contribution in [0, 0.1) is 0 Å². The Balaban J connectivity index is 1.72. The fourth-order valence-electron chi connectivity index (χ4n) is 3.27. The van der Waals surface area contributed by atoms with Crippen LogP contribution in [-0.2, 0) is 19.3 Å². The minimum Gasteiger partial charge on any atom is -0.497 e. The molecule has 3 rings (SSSR count). The highest BCUT2D eigenvalue weighted by molar-refractivity contribution is 5.39. The van der Waals surface area contributed by atoms with E-state index >= 15 is 0 Å². The molecule has 0 spiro atoms. The highest BCUT2D eigenvalue weighted by Crippen LogP contribution is 2.35. The van der Waals surface area contributed by atoms with Crippen molar-refractivity contribution in [2.45, 2.75) is 51.0 Å². The Bertz CT molecular complexity index is 653. The monoisotopic (exact) mass is 315 g/mol. The molecular formula is C18H25N3O2. The molecule has 0 amide bonds. The Kier molecular flexibility index (Phi) is 4.96. The van der Waals surface area contributed by atoms with E-state index in [-0.39, 0.29) is 0 Å². The summed E-state index contributed by atoms with van der Waals surface area (Å²) >= 11 is 0. The molecule has 1 aromatic carbocycles. The van der Waals surface area contributed by atoms with E-state index in [4.69, 9.17) is 9.26 Å². The average Bonchev–Trinajstić information content (AvgIpc) is 3.01. The van der Waals surface area contributed by atoms with Gasteiger partial charge in [0.05, 0.1) is 7.11 Å². The van der Waals surface area contributed by atoms with Crippen molar-refractivity contribution < 1.29 is 9.26 Å². The molecule has 124 valence electrons. The Hall–Kier alpha value is -1.88. The maximum absolute atomic E-state index is 5.46. The third-order valence-corrected chi connectivity index (χ3v) is 4.70. The summed E-state index contributed by atoms with van der Waals surface area (Å²) in [5.41, 5.74) is 2.80. The number of rotatable bonds is 6. The largest absolute Gasteiger partial charge is 0.497 e. The van der Waals surface area contributed by atoms with Crippen LogP contribution in [0.3, 0.4) is 0 Å². The zero-order valence-corrected chi connectivity index (χ0v) is 14.1. The molecule has 23 heavy (non-hydrogen) atoms. The van der Waals surface area contributed by atoms with Crippen LogP contribution < -0.4 is 10.1 Å². The summed E-state index contributed by atoms with van der Waals surface area (Å²) in [5.74, 6) is 2.93. The summed E-state index contributed by atoms with van der Waals surface area (Å²) in [4.78, 5) is 4.56. The van der Waals surface area contributed by atoms with Crippen molar-refractivity contribution in [1.29, 1.82) is 0 Å². The minimum atomic E-state index is 0.350. The number of fused-ring (bicyclic) bond motifs is 1. The van der Waals surface area contributed by atoms with Crippen LogP contribution in [0.5, 0.6) is 5.75 Å². The van der Waals surface area contributed by atoms with Gasteiger partial charge in [-0.1, -0.05) is 11.2 Å². The van der Waals surface area contributed by atoms with Gasteiger partial charge < -0.3 is 14.6 Å². The molecule has 0 fully saturated rings. The van der Waals surface area contributed by atoms with E-state index in [9.17, 15) is 0 Å². The van der Waals surface area contributed by atoms with Crippen LogP contribution in [0.1, 0.15) is 48.5 Å². The normalized spacial score (nSPS) is 18.5.